The highest BCUT2D eigenvalue weighted by molar-refractivity contribution is 6.00. The highest BCUT2D eigenvalue weighted by atomic mass is 16.2. The molecule has 2 heterocycles. The quantitative estimate of drug-likeness (QED) is 0.891. The van der Waals surface area contributed by atoms with Crippen molar-refractivity contribution in [3.63, 3.8) is 0 Å². The van der Waals surface area contributed by atoms with Crippen molar-refractivity contribution in [1.29, 1.82) is 0 Å². The van der Waals surface area contributed by atoms with E-state index in [-0.39, 0.29) is 35.7 Å². The van der Waals surface area contributed by atoms with Crippen LogP contribution in [0.2, 0.25) is 0 Å². The molecule has 5 heteroatoms. The summed E-state index contributed by atoms with van der Waals surface area (Å²) in [6.45, 7) is 3.95. The van der Waals surface area contributed by atoms with Crippen LogP contribution in [0.5, 0.6) is 0 Å². The Hall–Kier alpha value is -1.88. The number of hydrogen-bond donors (Lipinski definition) is 1. The fraction of sp³-hybridized carbons (Fsp3) is 0.636. The Morgan fingerprint density at radius 3 is 2.59 bits per heavy atom. The second-order valence-corrected chi connectivity index (χ2v) is 8.48. The lowest BCUT2D eigenvalue weighted by Gasteiger charge is -2.37. The maximum Gasteiger partial charge on any atom is 0.231 e. The number of anilines is 1. The van der Waals surface area contributed by atoms with Gasteiger partial charge in [-0.1, -0.05) is 31.0 Å². The number of nitrogens with one attached hydrogen (secondary N) is 1. The number of hydrogen-bond acceptors (Lipinski definition) is 3. The monoisotopic (exact) mass is 369 g/mol. The highest BCUT2D eigenvalue weighted by Gasteiger charge is 2.43. The summed E-state index contributed by atoms with van der Waals surface area (Å²) in [5.74, 6) is -0.0289. The van der Waals surface area contributed by atoms with Crippen molar-refractivity contribution in [3.8, 4) is 0 Å². The summed E-state index contributed by atoms with van der Waals surface area (Å²) in [5.41, 5.74) is 2.28. The van der Waals surface area contributed by atoms with E-state index in [0.29, 0.717) is 0 Å². The first-order valence-electron chi connectivity index (χ1n) is 10.5. The van der Waals surface area contributed by atoms with Crippen molar-refractivity contribution in [3.05, 3.63) is 29.8 Å². The molecule has 0 bridgehead atoms. The van der Waals surface area contributed by atoms with E-state index in [1.165, 1.54) is 5.56 Å². The molecule has 146 valence electrons. The van der Waals surface area contributed by atoms with E-state index in [1.54, 1.807) is 0 Å². The van der Waals surface area contributed by atoms with Crippen molar-refractivity contribution in [2.75, 3.05) is 25.0 Å². The average Bonchev–Trinajstić information content (AvgIpc) is 3.33. The molecule has 0 spiro atoms. The third-order valence-electron chi connectivity index (χ3n) is 6.77. The summed E-state index contributed by atoms with van der Waals surface area (Å²) < 4.78 is 0. The lowest BCUT2D eigenvalue weighted by atomic mass is 9.77. The van der Waals surface area contributed by atoms with Gasteiger partial charge in [-0.3, -0.25) is 9.59 Å². The van der Waals surface area contributed by atoms with Crippen molar-refractivity contribution >= 4 is 17.5 Å². The Morgan fingerprint density at radius 2 is 1.85 bits per heavy atom. The fourth-order valence-corrected chi connectivity index (χ4v) is 5.21. The summed E-state index contributed by atoms with van der Waals surface area (Å²) >= 11 is 0. The molecule has 1 N–H and O–H groups in total. The molecule has 3 aliphatic rings. The normalized spacial score (nSPS) is 30.2. The van der Waals surface area contributed by atoms with Crippen molar-refractivity contribution in [2.45, 2.75) is 57.5 Å². The molecule has 1 aromatic carbocycles. The number of amides is 2. The Balaban J connectivity index is 1.55. The van der Waals surface area contributed by atoms with Crippen LogP contribution in [0, 0.1) is 11.8 Å². The number of para-hydroxylation sites is 1. The largest absolute Gasteiger partial charge is 0.341 e. The molecule has 4 rings (SSSR count). The second-order valence-electron chi connectivity index (χ2n) is 8.48. The first-order chi connectivity index (χ1) is 13.1. The molecule has 1 aromatic rings. The molecule has 0 radical (unpaired) electrons. The molecule has 0 aromatic heterocycles. The molecule has 1 saturated heterocycles. The lowest BCUT2D eigenvalue weighted by molar-refractivity contribution is -0.143. The minimum absolute atomic E-state index is 0.156. The summed E-state index contributed by atoms with van der Waals surface area (Å²) in [6, 6.07) is 8.64. The molecule has 5 nitrogen and oxygen atoms in total. The average molecular weight is 370 g/mol. The number of carbonyl (C=O) groups excluding carboxylic acids is 2. The van der Waals surface area contributed by atoms with Crippen molar-refractivity contribution in [1.82, 2.24) is 10.2 Å². The number of likely N-dealkylation sites (N-methyl/N-ethyl adjacent to an activating group) is 1. The van der Waals surface area contributed by atoms with Gasteiger partial charge >= 0.3 is 0 Å². The van der Waals surface area contributed by atoms with Gasteiger partial charge in [0, 0.05) is 37.3 Å². The minimum Gasteiger partial charge on any atom is -0.341 e. The highest BCUT2D eigenvalue weighted by Crippen LogP contribution is 2.38. The summed E-state index contributed by atoms with van der Waals surface area (Å²) in [6.07, 6.45) is 5.66. The van der Waals surface area contributed by atoms with Gasteiger partial charge < -0.3 is 15.1 Å². The molecule has 1 aliphatic carbocycles. The van der Waals surface area contributed by atoms with Crippen LogP contribution >= 0.6 is 0 Å². The van der Waals surface area contributed by atoms with Gasteiger partial charge in [-0.25, -0.2) is 0 Å². The van der Waals surface area contributed by atoms with E-state index in [0.717, 1.165) is 57.3 Å². The van der Waals surface area contributed by atoms with Gasteiger partial charge in [-0.15, -0.1) is 0 Å². The smallest absolute Gasteiger partial charge is 0.231 e. The summed E-state index contributed by atoms with van der Waals surface area (Å²) in [7, 11) is 1.92. The fourth-order valence-electron chi connectivity index (χ4n) is 5.21. The topological polar surface area (TPSA) is 52.7 Å². The molecular formula is C22H31N3O2. The predicted octanol–water partition coefficient (Wildman–Crippen LogP) is 2.59. The van der Waals surface area contributed by atoms with E-state index in [2.05, 4.69) is 18.3 Å². The van der Waals surface area contributed by atoms with E-state index in [9.17, 15) is 9.59 Å². The maximum absolute atomic E-state index is 13.6. The second kappa shape index (κ2) is 7.63. The Kier molecular flexibility index (Phi) is 5.22. The van der Waals surface area contributed by atoms with Gasteiger partial charge in [-0.2, -0.15) is 0 Å². The van der Waals surface area contributed by atoms with Crippen LogP contribution in [0.15, 0.2) is 24.3 Å². The van der Waals surface area contributed by atoms with E-state index in [1.807, 2.05) is 35.0 Å². The molecule has 4 unspecified atom stereocenters. The Morgan fingerprint density at radius 1 is 1.11 bits per heavy atom. The summed E-state index contributed by atoms with van der Waals surface area (Å²) in [4.78, 5) is 30.7. The van der Waals surface area contributed by atoms with E-state index >= 15 is 0 Å². The van der Waals surface area contributed by atoms with Gasteiger partial charge in [0.25, 0.3) is 0 Å². The first kappa shape index (κ1) is 18.5. The zero-order valence-corrected chi connectivity index (χ0v) is 16.5. The van der Waals surface area contributed by atoms with Crippen LogP contribution < -0.4 is 10.2 Å². The Bertz CT molecular complexity index is 713. The van der Waals surface area contributed by atoms with Gasteiger partial charge in [-0.05, 0) is 50.8 Å². The van der Waals surface area contributed by atoms with Crippen molar-refractivity contribution < 1.29 is 9.59 Å². The van der Waals surface area contributed by atoms with E-state index in [4.69, 9.17) is 0 Å². The minimum atomic E-state index is -0.184. The van der Waals surface area contributed by atoms with E-state index < -0.39 is 0 Å². The predicted molar refractivity (Wildman–Crippen MR) is 107 cm³/mol. The van der Waals surface area contributed by atoms with Gasteiger partial charge in [0.15, 0.2) is 0 Å². The third kappa shape index (κ3) is 3.38. The summed E-state index contributed by atoms with van der Waals surface area (Å²) in [5, 5.41) is 3.34. The number of rotatable bonds is 3. The van der Waals surface area contributed by atoms with Gasteiger partial charge in [0.05, 0.1) is 5.92 Å². The van der Waals surface area contributed by atoms with Gasteiger partial charge in [0.1, 0.15) is 0 Å². The van der Waals surface area contributed by atoms with Crippen LogP contribution in [0.25, 0.3) is 0 Å². The Labute approximate surface area is 162 Å². The third-order valence-corrected chi connectivity index (χ3v) is 6.77. The molecule has 27 heavy (non-hydrogen) atoms. The number of nitrogens with zero attached hydrogens (tertiary/aromatic N) is 2. The van der Waals surface area contributed by atoms with Crippen LogP contribution in [0.1, 0.15) is 44.6 Å². The first-order valence-corrected chi connectivity index (χ1v) is 10.5. The van der Waals surface area contributed by atoms with Crippen molar-refractivity contribution in [2.24, 2.45) is 11.8 Å². The molecule has 2 aliphatic heterocycles. The van der Waals surface area contributed by atoms with Crippen LogP contribution in [-0.4, -0.2) is 48.9 Å². The zero-order chi connectivity index (χ0) is 19.0. The van der Waals surface area contributed by atoms with Crippen LogP contribution in [0.3, 0.4) is 0 Å². The molecular weight excluding hydrogens is 338 g/mol. The zero-order valence-electron chi connectivity index (χ0n) is 16.5. The lowest BCUT2D eigenvalue weighted by Crippen LogP contribution is -2.49. The standard InChI is InChI=1S/C22H31N3O2/c1-15-13-16-7-3-6-10-20(16)25(15)22(27)19-9-5-4-8-18(19)21(26)24(2)17-11-12-23-14-17/h3,6-7,10,15,17-19,23H,4-5,8-9,11-14H2,1-2H3. The number of fused-ring (bicyclic) bond motifs is 1. The van der Waals surface area contributed by atoms with Crippen LogP contribution in [0.4, 0.5) is 5.69 Å². The van der Waals surface area contributed by atoms with Gasteiger partial charge in [0.2, 0.25) is 11.8 Å². The number of carbonyl (C=O) groups is 2. The molecule has 2 amide bonds. The molecule has 1 saturated carbocycles. The molecule has 2 fully saturated rings. The number of benzene rings is 1. The molecule has 4 atom stereocenters. The SMILES string of the molecule is CC1Cc2ccccc2N1C(=O)C1CCCCC1C(=O)N(C)C1CCNC1. The van der Waals surface area contributed by atoms with Crippen LogP contribution in [-0.2, 0) is 16.0 Å². The maximum atomic E-state index is 13.6.